The SMILES string of the molecule is CCCCCCCCCCC(=CCC(C)C)C(=O)O. The molecular weight excluding hydrogens is 236 g/mol. The highest BCUT2D eigenvalue weighted by Crippen LogP contribution is 2.15. The van der Waals surface area contributed by atoms with Gasteiger partial charge >= 0.3 is 5.97 Å². The van der Waals surface area contributed by atoms with Crippen molar-refractivity contribution in [2.24, 2.45) is 5.92 Å². The van der Waals surface area contributed by atoms with Gasteiger partial charge in [0.2, 0.25) is 0 Å². The lowest BCUT2D eigenvalue weighted by molar-refractivity contribution is -0.132. The van der Waals surface area contributed by atoms with Crippen LogP contribution < -0.4 is 0 Å². The Morgan fingerprint density at radius 1 is 1.00 bits per heavy atom. The van der Waals surface area contributed by atoms with E-state index in [4.69, 9.17) is 5.11 Å². The van der Waals surface area contributed by atoms with E-state index in [1.165, 1.54) is 44.9 Å². The molecule has 0 aromatic heterocycles. The van der Waals surface area contributed by atoms with Crippen LogP contribution in [0.5, 0.6) is 0 Å². The van der Waals surface area contributed by atoms with Crippen LogP contribution >= 0.6 is 0 Å². The minimum absolute atomic E-state index is 0.535. The number of rotatable bonds is 12. The van der Waals surface area contributed by atoms with E-state index in [0.29, 0.717) is 11.5 Å². The smallest absolute Gasteiger partial charge is 0.331 e. The fourth-order valence-corrected chi connectivity index (χ4v) is 2.12. The van der Waals surface area contributed by atoms with Crippen LogP contribution in [0.2, 0.25) is 0 Å². The summed E-state index contributed by atoms with van der Waals surface area (Å²) in [5.41, 5.74) is 0.611. The number of hydrogen-bond acceptors (Lipinski definition) is 1. The maximum Gasteiger partial charge on any atom is 0.331 e. The Morgan fingerprint density at radius 3 is 2.00 bits per heavy atom. The molecule has 0 fully saturated rings. The average Bonchev–Trinajstić information content (AvgIpc) is 2.35. The molecule has 2 heteroatoms. The second-order valence-electron chi connectivity index (χ2n) is 5.89. The van der Waals surface area contributed by atoms with Crippen LogP contribution in [-0.2, 0) is 4.79 Å². The van der Waals surface area contributed by atoms with Crippen molar-refractivity contribution >= 4 is 5.97 Å². The summed E-state index contributed by atoms with van der Waals surface area (Å²) >= 11 is 0. The molecule has 0 atom stereocenters. The predicted molar refractivity (Wildman–Crippen MR) is 82.4 cm³/mol. The molecule has 1 N–H and O–H groups in total. The lowest BCUT2D eigenvalue weighted by atomic mass is 10.0. The van der Waals surface area contributed by atoms with E-state index in [1.54, 1.807) is 0 Å². The van der Waals surface area contributed by atoms with Gasteiger partial charge in [-0.1, -0.05) is 71.8 Å². The van der Waals surface area contributed by atoms with Gasteiger partial charge in [0.15, 0.2) is 0 Å². The minimum atomic E-state index is -0.733. The third-order valence-electron chi connectivity index (χ3n) is 3.41. The third-order valence-corrected chi connectivity index (χ3v) is 3.41. The van der Waals surface area contributed by atoms with E-state index in [2.05, 4.69) is 20.8 Å². The van der Waals surface area contributed by atoms with Crippen molar-refractivity contribution in [3.8, 4) is 0 Å². The number of carbonyl (C=O) groups is 1. The molecule has 0 aliphatic rings. The lowest BCUT2D eigenvalue weighted by Gasteiger charge is -2.05. The first kappa shape index (κ1) is 18.2. The van der Waals surface area contributed by atoms with Crippen molar-refractivity contribution in [3.05, 3.63) is 11.6 Å². The van der Waals surface area contributed by atoms with Crippen molar-refractivity contribution in [1.82, 2.24) is 0 Å². The molecule has 0 unspecified atom stereocenters. The van der Waals surface area contributed by atoms with E-state index in [1.807, 2.05) is 6.08 Å². The van der Waals surface area contributed by atoms with Gasteiger partial charge in [-0.2, -0.15) is 0 Å². The number of carboxylic acids is 1. The van der Waals surface area contributed by atoms with Gasteiger partial charge in [-0.3, -0.25) is 0 Å². The number of hydrogen-bond donors (Lipinski definition) is 1. The van der Waals surface area contributed by atoms with E-state index >= 15 is 0 Å². The molecule has 19 heavy (non-hydrogen) atoms. The number of carboxylic acid groups (broad SMARTS) is 1. The van der Waals surface area contributed by atoms with E-state index in [-0.39, 0.29) is 0 Å². The van der Waals surface area contributed by atoms with E-state index in [9.17, 15) is 4.79 Å². The molecule has 0 aromatic rings. The van der Waals surface area contributed by atoms with Gasteiger partial charge in [0.05, 0.1) is 0 Å². The molecule has 0 radical (unpaired) electrons. The van der Waals surface area contributed by atoms with Gasteiger partial charge in [-0.15, -0.1) is 0 Å². The summed E-state index contributed by atoms with van der Waals surface area (Å²) in [5.74, 6) is -0.198. The molecular formula is C17H32O2. The zero-order chi connectivity index (χ0) is 14.5. The van der Waals surface area contributed by atoms with Crippen LogP contribution in [0, 0.1) is 5.92 Å². The molecule has 0 heterocycles. The van der Waals surface area contributed by atoms with Gasteiger partial charge in [-0.25, -0.2) is 4.79 Å². The van der Waals surface area contributed by atoms with Crippen LogP contribution in [0.25, 0.3) is 0 Å². The van der Waals surface area contributed by atoms with Crippen LogP contribution in [0.1, 0.15) is 85.0 Å². The number of unbranched alkanes of at least 4 members (excludes halogenated alkanes) is 7. The van der Waals surface area contributed by atoms with Crippen molar-refractivity contribution in [2.75, 3.05) is 0 Å². The van der Waals surface area contributed by atoms with Crippen molar-refractivity contribution in [1.29, 1.82) is 0 Å². The second kappa shape index (κ2) is 12.3. The summed E-state index contributed by atoms with van der Waals surface area (Å²) < 4.78 is 0. The monoisotopic (exact) mass is 268 g/mol. The Balaban J connectivity index is 3.65. The lowest BCUT2D eigenvalue weighted by Crippen LogP contribution is -2.01. The third kappa shape index (κ3) is 12.0. The Bertz CT molecular complexity index is 254. The quantitative estimate of drug-likeness (QED) is 0.371. The molecule has 0 saturated carbocycles. The van der Waals surface area contributed by atoms with Crippen LogP contribution in [0.4, 0.5) is 0 Å². The predicted octanol–water partition coefficient (Wildman–Crippen LogP) is 5.57. The number of allylic oxidation sites excluding steroid dienone is 1. The summed E-state index contributed by atoms with van der Waals surface area (Å²) in [5, 5.41) is 9.12. The molecule has 0 aromatic carbocycles. The largest absolute Gasteiger partial charge is 0.478 e. The molecule has 0 aliphatic heterocycles. The van der Waals surface area contributed by atoms with E-state index in [0.717, 1.165) is 19.3 Å². The summed E-state index contributed by atoms with van der Waals surface area (Å²) in [4.78, 5) is 11.1. The van der Waals surface area contributed by atoms with Crippen molar-refractivity contribution in [2.45, 2.75) is 85.0 Å². The maximum absolute atomic E-state index is 11.1. The van der Waals surface area contributed by atoms with Crippen molar-refractivity contribution in [3.63, 3.8) is 0 Å². The van der Waals surface area contributed by atoms with Crippen LogP contribution in [0.15, 0.2) is 11.6 Å². The molecule has 0 amide bonds. The first-order chi connectivity index (χ1) is 9.07. The minimum Gasteiger partial charge on any atom is -0.478 e. The Hall–Kier alpha value is -0.790. The summed E-state index contributed by atoms with van der Waals surface area (Å²) in [6.07, 6.45) is 13.6. The highest BCUT2D eigenvalue weighted by Gasteiger charge is 2.06. The fraction of sp³-hybridized carbons (Fsp3) is 0.824. The molecule has 0 saturated heterocycles. The van der Waals surface area contributed by atoms with Gasteiger partial charge in [0.1, 0.15) is 0 Å². The van der Waals surface area contributed by atoms with Crippen molar-refractivity contribution < 1.29 is 9.90 Å². The molecule has 112 valence electrons. The summed E-state index contributed by atoms with van der Waals surface area (Å²) in [6, 6.07) is 0. The first-order valence-electron chi connectivity index (χ1n) is 8.00. The van der Waals surface area contributed by atoms with Gasteiger partial charge in [-0.05, 0) is 25.2 Å². The molecule has 0 spiro atoms. The maximum atomic E-state index is 11.1. The zero-order valence-corrected chi connectivity index (χ0v) is 13.1. The molecule has 0 bridgehead atoms. The van der Waals surface area contributed by atoms with Gasteiger partial charge in [0, 0.05) is 5.57 Å². The normalized spacial score (nSPS) is 12.1. The molecule has 0 rings (SSSR count). The van der Waals surface area contributed by atoms with Gasteiger partial charge < -0.3 is 5.11 Å². The zero-order valence-electron chi connectivity index (χ0n) is 13.1. The highest BCUT2D eigenvalue weighted by atomic mass is 16.4. The molecule has 2 nitrogen and oxygen atoms in total. The average molecular weight is 268 g/mol. The highest BCUT2D eigenvalue weighted by molar-refractivity contribution is 5.86. The Kier molecular flexibility index (Phi) is 11.7. The van der Waals surface area contributed by atoms with E-state index < -0.39 is 5.97 Å². The Morgan fingerprint density at radius 2 is 1.53 bits per heavy atom. The standard InChI is InChI=1S/C17H32O2/c1-4-5-6-7-8-9-10-11-12-16(17(18)19)14-13-15(2)3/h14-15H,4-13H2,1-3H3,(H,18,19). The first-order valence-corrected chi connectivity index (χ1v) is 8.00. The van der Waals surface area contributed by atoms with Crippen LogP contribution in [0.3, 0.4) is 0 Å². The molecule has 0 aliphatic carbocycles. The number of aliphatic carboxylic acids is 1. The summed E-state index contributed by atoms with van der Waals surface area (Å²) in [6.45, 7) is 6.47. The fourth-order valence-electron chi connectivity index (χ4n) is 2.12. The second-order valence-corrected chi connectivity index (χ2v) is 5.89. The Labute approximate surface area is 119 Å². The summed E-state index contributed by atoms with van der Waals surface area (Å²) in [7, 11) is 0. The topological polar surface area (TPSA) is 37.3 Å². The van der Waals surface area contributed by atoms with Crippen LogP contribution in [-0.4, -0.2) is 11.1 Å². The van der Waals surface area contributed by atoms with Gasteiger partial charge in [0.25, 0.3) is 0 Å².